The molecule has 0 aromatic heterocycles. The number of nitrogens with two attached hydrogens (primary N) is 4. The van der Waals surface area contributed by atoms with Gasteiger partial charge >= 0.3 is 5.97 Å². The Labute approximate surface area is 225 Å². The number of hydrogen-bond donors (Lipinski definition) is 9. The smallest absolute Gasteiger partial charge is 0.326 e. The van der Waals surface area contributed by atoms with Crippen molar-refractivity contribution in [2.45, 2.75) is 69.1 Å². The number of carbonyl (C=O) groups is 6. The Morgan fingerprint density at radius 3 is 1.82 bits per heavy atom. The maximum Gasteiger partial charge on any atom is 0.326 e. The maximum absolute atomic E-state index is 13.1. The van der Waals surface area contributed by atoms with Crippen LogP contribution in [0.4, 0.5) is 0 Å². The summed E-state index contributed by atoms with van der Waals surface area (Å²) in [4.78, 5) is 72.7. The second-order valence-corrected chi connectivity index (χ2v) is 8.96. The van der Waals surface area contributed by atoms with Crippen molar-refractivity contribution in [1.29, 1.82) is 0 Å². The minimum absolute atomic E-state index is 0.0364. The number of carboxylic acids is 1. The normalized spacial score (nSPS) is 13.8. The van der Waals surface area contributed by atoms with E-state index in [0.717, 1.165) is 0 Å². The number of carboxylic acid groups (broad SMARTS) is 1. The summed E-state index contributed by atoms with van der Waals surface area (Å²) >= 11 is 0. The largest absolute Gasteiger partial charge is 0.508 e. The monoisotopic (exact) mass is 551 g/mol. The van der Waals surface area contributed by atoms with E-state index in [9.17, 15) is 39.0 Å². The van der Waals surface area contributed by atoms with Crippen LogP contribution in [0.5, 0.6) is 5.75 Å². The lowest BCUT2D eigenvalue weighted by Crippen LogP contribution is -2.57. The van der Waals surface area contributed by atoms with Crippen LogP contribution >= 0.6 is 0 Å². The molecular formula is C24H37N7O8. The third kappa shape index (κ3) is 12.7. The van der Waals surface area contributed by atoms with Gasteiger partial charge in [-0.15, -0.1) is 0 Å². The molecule has 5 amide bonds. The highest BCUT2D eigenvalue weighted by Crippen LogP contribution is 2.11. The lowest BCUT2D eigenvalue weighted by Gasteiger charge is -2.25. The van der Waals surface area contributed by atoms with Crippen molar-refractivity contribution in [3.05, 3.63) is 29.8 Å². The Hall–Kier alpha value is -4.24. The van der Waals surface area contributed by atoms with Crippen LogP contribution in [0.15, 0.2) is 24.3 Å². The molecule has 13 N–H and O–H groups in total. The second-order valence-electron chi connectivity index (χ2n) is 8.96. The van der Waals surface area contributed by atoms with Gasteiger partial charge in [0.05, 0.1) is 12.5 Å². The zero-order valence-electron chi connectivity index (χ0n) is 21.4. The van der Waals surface area contributed by atoms with Crippen LogP contribution < -0.4 is 38.9 Å². The van der Waals surface area contributed by atoms with Crippen molar-refractivity contribution in [2.75, 3.05) is 6.54 Å². The van der Waals surface area contributed by atoms with E-state index in [0.29, 0.717) is 24.9 Å². The van der Waals surface area contributed by atoms with E-state index in [1.807, 2.05) is 0 Å². The first-order valence-electron chi connectivity index (χ1n) is 12.3. The Balaban J connectivity index is 3.02. The number of aliphatic carboxylic acids is 1. The van der Waals surface area contributed by atoms with Crippen LogP contribution in [0.2, 0.25) is 0 Å². The van der Waals surface area contributed by atoms with Crippen LogP contribution in [-0.4, -0.2) is 76.4 Å². The van der Waals surface area contributed by atoms with E-state index in [-0.39, 0.29) is 31.4 Å². The molecule has 0 radical (unpaired) electrons. The minimum Gasteiger partial charge on any atom is -0.508 e. The molecule has 15 heteroatoms. The number of carbonyl (C=O) groups excluding carboxylic acids is 5. The second kappa shape index (κ2) is 16.6. The van der Waals surface area contributed by atoms with Gasteiger partial charge < -0.3 is 49.1 Å². The fourth-order valence-corrected chi connectivity index (χ4v) is 3.52. The van der Waals surface area contributed by atoms with Crippen LogP contribution in [-0.2, 0) is 35.2 Å². The Morgan fingerprint density at radius 2 is 1.31 bits per heavy atom. The topological polar surface area (TPSA) is 283 Å². The average Bonchev–Trinajstić information content (AvgIpc) is 2.86. The van der Waals surface area contributed by atoms with E-state index in [1.54, 1.807) is 12.1 Å². The van der Waals surface area contributed by atoms with Crippen molar-refractivity contribution >= 4 is 35.5 Å². The molecule has 0 spiro atoms. The highest BCUT2D eigenvalue weighted by molar-refractivity contribution is 5.95. The van der Waals surface area contributed by atoms with E-state index in [2.05, 4.69) is 16.0 Å². The lowest BCUT2D eigenvalue weighted by molar-refractivity contribution is -0.143. The summed E-state index contributed by atoms with van der Waals surface area (Å²) in [5.74, 6) is -5.59. The Bertz CT molecular complexity index is 1020. The summed E-state index contributed by atoms with van der Waals surface area (Å²) in [5.41, 5.74) is 22.4. The number of phenolic OH excluding ortho intramolecular Hbond substituents is 1. The van der Waals surface area contributed by atoms with Gasteiger partial charge in [-0.25, -0.2) is 4.79 Å². The number of phenols is 1. The zero-order valence-corrected chi connectivity index (χ0v) is 21.4. The van der Waals surface area contributed by atoms with Crippen molar-refractivity contribution in [3.8, 4) is 5.75 Å². The predicted octanol–water partition coefficient (Wildman–Crippen LogP) is -2.93. The number of unbranched alkanes of at least 4 members (excludes halogenated alkanes) is 1. The number of benzene rings is 1. The van der Waals surface area contributed by atoms with Crippen LogP contribution in [0.1, 0.15) is 44.1 Å². The lowest BCUT2D eigenvalue weighted by atomic mass is 10.0. The quantitative estimate of drug-likeness (QED) is 0.0837. The molecule has 0 aliphatic carbocycles. The van der Waals surface area contributed by atoms with Gasteiger partial charge in [0.2, 0.25) is 29.5 Å². The van der Waals surface area contributed by atoms with E-state index >= 15 is 0 Å². The molecule has 0 aliphatic heterocycles. The van der Waals surface area contributed by atoms with Gasteiger partial charge in [0, 0.05) is 6.42 Å². The number of primary amides is 2. The fraction of sp³-hybridized carbons (Fsp3) is 0.500. The molecule has 4 atom stereocenters. The zero-order chi connectivity index (χ0) is 29.5. The third-order valence-corrected chi connectivity index (χ3v) is 5.64. The molecule has 0 heterocycles. The van der Waals surface area contributed by atoms with Crippen LogP contribution in [0, 0.1) is 0 Å². The first-order valence-corrected chi connectivity index (χ1v) is 12.3. The molecular weight excluding hydrogens is 514 g/mol. The minimum atomic E-state index is -1.62. The molecule has 216 valence electrons. The van der Waals surface area contributed by atoms with E-state index < -0.39 is 66.1 Å². The van der Waals surface area contributed by atoms with Gasteiger partial charge in [-0.3, -0.25) is 24.0 Å². The van der Waals surface area contributed by atoms with Gasteiger partial charge in [0.1, 0.15) is 23.9 Å². The molecule has 4 unspecified atom stereocenters. The molecule has 0 bridgehead atoms. The summed E-state index contributed by atoms with van der Waals surface area (Å²) in [5, 5.41) is 25.8. The molecule has 0 aliphatic rings. The highest BCUT2D eigenvalue weighted by atomic mass is 16.4. The number of nitrogens with one attached hydrogen (secondary N) is 3. The fourth-order valence-electron chi connectivity index (χ4n) is 3.52. The Kier molecular flexibility index (Phi) is 13.9. The molecule has 0 saturated carbocycles. The highest BCUT2D eigenvalue weighted by Gasteiger charge is 2.31. The van der Waals surface area contributed by atoms with Crippen molar-refractivity contribution in [2.24, 2.45) is 22.9 Å². The first-order chi connectivity index (χ1) is 18.3. The molecule has 1 aromatic carbocycles. The molecule has 0 saturated heterocycles. The maximum atomic E-state index is 13.1. The third-order valence-electron chi connectivity index (χ3n) is 5.64. The van der Waals surface area contributed by atoms with Crippen molar-refractivity contribution < 1.29 is 39.0 Å². The molecule has 1 rings (SSSR count). The molecule has 39 heavy (non-hydrogen) atoms. The molecule has 0 fully saturated rings. The van der Waals surface area contributed by atoms with E-state index in [4.69, 9.17) is 22.9 Å². The van der Waals surface area contributed by atoms with Crippen molar-refractivity contribution in [3.63, 3.8) is 0 Å². The Morgan fingerprint density at radius 1 is 0.769 bits per heavy atom. The molecule has 15 nitrogen and oxygen atoms in total. The summed E-state index contributed by atoms with van der Waals surface area (Å²) in [6, 6.07) is 0.743. The van der Waals surface area contributed by atoms with E-state index in [1.165, 1.54) is 12.1 Å². The van der Waals surface area contributed by atoms with Crippen molar-refractivity contribution in [1.82, 2.24) is 16.0 Å². The van der Waals surface area contributed by atoms with Crippen LogP contribution in [0.3, 0.4) is 0 Å². The summed E-state index contributed by atoms with van der Waals surface area (Å²) < 4.78 is 0. The SMILES string of the molecule is NCCCCC(NC(=O)C(CCC(N)=O)NC(=O)C(N)Cc1ccc(O)cc1)C(=O)NC(CC(N)=O)C(=O)O. The summed E-state index contributed by atoms with van der Waals surface area (Å²) in [6.07, 6.45) is -0.105. The standard InChI is InChI=1S/C24H37N7O8/c25-10-2-1-3-16(22(36)31-18(24(38)39)12-20(28)34)30-23(37)17(8-9-19(27)33)29-21(35)15(26)11-13-4-6-14(32)7-5-13/h4-7,15-18,32H,1-3,8-12,25-26H2,(H2,27,33)(H2,28,34)(H,29,35)(H,30,37)(H,31,36)(H,38,39). The van der Waals surface area contributed by atoms with Gasteiger partial charge in [-0.05, 0) is 56.3 Å². The number of aromatic hydroxyl groups is 1. The number of hydrogen-bond acceptors (Lipinski definition) is 9. The number of amides is 5. The van der Waals surface area contributed by atoms with Gasteiger partial charge in [0.25, 0.3) is 0 Å². The number of rotatable bonds is 18. The molecule has 1 aromatic rings. The van der Waals surface area contributed by atoms with Gasteiger partial charge in [0.15, 0.2) is 0 Å². The average molecular weight is 552 g/mol. The summed E-state index contributed by atoms with van der Waals surface area (Å²) in [7, 11) is 0. The van der Waals surface area contributed by atoms with Crippen LogP contribution in [0.25, 0.3) is 0 Å². The van der Waals surface area contributed by atoms with Gasteiger partial charge in [-0.2, -0.15) is 0 Å². The van der Waals surface area contributed by atoms with Gasteiger partial charge in [-0.1, -0.05) is 12.1 Å². The predicted molar refractivity (Wildman–Crippen MR) is 138 cm³/mol. The summed E-state index contributed by atoms with van der Waals surface area (Å²) in [6.45, 7) is 0.303. The first kappa shape index (κ1) is 32.8.